The molecule has 1 aliphatic heterocycles. The summed E-state index contributed by atoms with van der Waals surface area (Å²) in [6.07, 6.45) is -3.59. The number of amides is 3. The molecule has 3 aromatic carbocycles. The Labute approximate surface area is 314 Å². The van der Waals surface area contributed by atoms with E-state index in [-0.39, 0.29) is 43.5 Å². The Morgan fingerprint density at radius 3 is 2.15 bits per heavy atom. The average Bonchev–Trinajstić information content (AvgIpc) is 3.41. The molecule has 0 aliphatic carbocycles. The number of anilines is 3. The van der Waals surface area contributed by atoms with Gasteiger partial charge in [0.25, 0.3) is 15.9 Å². The van der Waals surface area contributed by atoms with Crippen molar-refractivity contribution in [3.05, 3.63) is 81.3 Å². The first-order valence-electron chi connectivity index (χ1n) is 16.1. The van der Waals surface area contributed by atoms with Crippen LogP contribution in [0, 0.1) is 0 Å². The number of esters is 1. The number of aliphatic carboxylic acids is 1. The molecule has 1 unspecified atom stereocenters. The maximum absolute atomic E-state index is 14.3. The summed E-state index contributed by atoms with van der Waals surface area (Å²) >= 11 is 13.3. The fourth-order valence-corrected chi connectivity index (χ4v) is 7.57. The molecule has 0 radical (unpaired) electrons. The zero-order valence-electron chi connectivity index (χ0n) is 28.7. The van der Waals surface area contributed by atoms with Gasteiger partial charge in [-0.15, -0.1) is 0 Å². The van der Waals surface area contributed by atoms with E-state index in [1.807, 2.05) is 13.8 Å². The molecule has 6 N–H and O–H groups in total. The standard InChI is InChI=1S/C32H37Cl2N5O6S.C2HF3O2/c1-4-38(5-2)32(42)37-19-13-15-20(16-14-19)46(43,44)39-25-18-23(21(31(41)45-3)10-8-9-17-35)28(34)29(36)27(25)26(30(39)40)22-11-6-7-12-24(22)33;3-2(4,5)1(6)7/h6-7,11-16,18,21,26H,4-5,8-10,17,35-36H2,1-3H3,(H,37,42);(H,6,7)/t21-,26?;/m0./s1. The second kappa shape index (κ2) is 18.0. The Hall–Kier alpha value is -4.58. The summed E-state index contributed by atoms with van der Waals surface area (Å²) in [7, 11) is -3.32. The van der Waals surface area contributed by atoms with E-state index in [2.05, 4.69) is 5.32 Å². The van der Waals surface area contributed by atoms with Crippen molar-refractivity contribution >= 4 is 74.2 Å². The largest absolute Gasteiger partial charge is 0.490 e. The topological polar surface area (TPSA) is 202 Å². The van der Waals surface area contributed by atoms with Crippen LogP contribution in [-0.4, -0.2) is 75.2 Å². The van der Waals surface area contributed by atoms with Crippen LogP contribution in [0.15, 0.2) is 59.5 Å². The van der Waals surface area contributed by atoms with Crippen molar-refractivity contribution in [2.45, 2.75) is 56.0 Å². The van der Waals surface area contributed by atoms with E-state index < -0.39 is 45.9 Å². The second-order valence-corrected chi connectivity index (χ2v) is 14.1. The second-order valence-electron chi connectivity index (χ2n) is 11.5. The number of carboxylic acid groups (broad SMARTS) is 1. The summed E-state index contributed by atoms with van der Waals surface area (Å²) in [5, 5.41) is 10.1. The third-order valence-corrected chi connectivity index (χ3v) is 10.8. The van der Waals surface area contributed by atoms with Gasteiger partial charge in [-0.25, -0.2) is 22.3 Å². The van der Waals surface area contributed by atoms with E-state index in [9.17, 15) is 36.0 Å². The molecule has 13 nitrogen and oxygen atoms in total. The number of nitrogen functional groups attached to an aromatic ring is 1. The number of fused-ring (bicyclic) bond motifs is 1. The summed E-state index contributed by atoms with van der Waals surface area (Å²) in [5.41, 5.74) is 13.3. The van der Waals surface area contributed by atoms with Gasteiger partial charge in [0.1, 0.15) is 0 Å². The fraction of sp³-hybridized carbons (Fsp3) is 0.353. The lowest BCUT2D eigenvalue weighted by Crippen LogP contribution is -2.35. The Balaban J connectivity index is 0.000000980. The number of hydrogen-bond acceptors (Lipinski definition) is 9. The van der Waals surface area contributed by atoms with E-state index in [1.165, 1.54) is 37.4 Å². The van der Waals surface area contributed by atoms with Crippen LogP contribution in [0.5, 0.6) is 0 Å². The number of methoxy groups -OCH3 is 1. The highest BCUT2D eigenvalue weighted by molar-refractivity contribution is 7.93. The summed E-state index contributed by atoms with van der Waals surface area (Å²) < 4.78 is 66.0. The molecular weight excluding hydrogens is 766 g/mol. The maximum Gasteiger partial charge on any atom is 0.490 e. The maximum atomic E-state index is 14.3. The molecule has 0 bridgehead atoms. The van der Waals surface area contributed by atoms with Gasteiger partial charge in [-0.3, -0.25) is 9.59 Å². The number of nitrogens with zero attached hydrogens (tertiary/aromatic N) is 2. The number of alkyl halides is 3. The number of carbonyl (C=O) groups excluding carboxylic acids is 3. The van der Waals surface area contributed by atoms with Crippen LogP contribution in [0.25, 0.3) is 0 Å². The number of ether oxygens (including phenoxy) is 1. The number of sulfonamides is 1. The van der Waals surface area contributed by atoms with Crippen LogP contribution >= 0.6 is 23.2 Å². The van der Waals surface area contributed by atoms with Gasteiger partial charge >= 0.3 is 24.1 Å². The number of unbranched alkanes of at least 4 members (excludes halogenated alkanes) is 1. The first-order valence-corrected chi connectivity index (χ1v) is 18.3. The first-order chi connectivity index (χ1) is 24.9. The molecule has 288 valence electrons. The van der Waals surface area contributed by atoms with Crippen molar-refractivity contribution in [3.8, 4) is 0 Å². The molecule has 0 spiro atoms. The normalized spacial score (nSPS) is 14.5. The summed E-state index contributed by atoms with van der Waals surface area (Å²) in [6.45, 7) is 5.09. The van der Waals surface area contributed by atoms with Gasteiger partial charge in [-0.1, -0.05) is 47.8 Å². The summed E-state index contributed by atoms with van der Waals surface area (Å²) in [4.78, 5) is 50.0. The number of rotatable bonds is 12. The van der Waals surface area contributed by atoms with Gasteiger partial charge in [0.2, 0.25) is 0 Å². The van der Waals surface area contributed by atoms with Crippen LogP contribution in [0.2, 0.25) is 10.0 Å². The number of halogens is 5. The molecule has 3 amide bonds. The van der Waals surface area contributed by atoms with E-state index in [1.54, 1.807) is 29.2 Å². The number of nitrogens with two attached hydrogens (primary N) is 2. The van der Waals surface area contributed by atoms with Crippen LogP contribution in [-0.2, 0) is 29.1 Å². The van der Waals surface area contributed by atoms with Crippen LogP contribution in [0.1, 0.15) is 61.6 Å². The molecule has 0 fully saturated rings. The molecule has 1 aliphatic rings. The zero-order chi connectivity index (χ0) is 39.8. The zero-order valence-corrected chi connectivity index (χ0v) is 31.1. The summed E-state index contributed by atoms with van der Waals surface area (Å²) in [5.74, 6) is -6.27. The van der Waals surface area contributed by atoms with Crippen molar-refractivity contribution in [1.82, 2.24) is 4.90 Å². The minimum Gasteiger partial charge on any atom is -0.475 e. The predicted octanol–water partition coefficient (Wildman–Crippen LogP) is 6.34. The average molecular weight is 805 g/mol. The number of nitrogens with one attached hydrogen (secondary N) is 1. The van der Waals surface area contributed by atoms with Gasteiger partial charge in [0, 0.05) is 29.4 Å². The number of urea groups is 1. The lowest BCUT2D eigenvalue weighted by molar-refractivity contribution is -0.192. The van der Waals surface area contributed by atoms with Crippen LogP contribution in [0.4, 0.5) is 35.0 Å². The highest BCUT2D eigenvalue weighted by Crippen LogP contribution is 2.52. The van der Waals surface area contributed by atoms with Gasteiger partial charge in [0.15, 0.2) is 0 Å². The number of carboxylic acids is 1. The number of hydrogen-bond donors (Lipinski definition) is 4. The lowest BCUT2D eigenvalue weighted by Gasteiger charge is -2.22. The summed E-state index contributed by atoms with van der Waals surface area (Å²) in [6, 6.07) is 13.1. The molecule has 53 heavy (non-hydrogen) atoms. The van der Waals surface area contributed by atoms with E-state index >= 15 is 0 Å². The molecule has 1 heterocycles. The Kier molecular flexibility index (Phi) is 14.5. The van der Waals surface area contributed by atoms with E-state index in [4.69, 9.17) is 49.3 Å². The lowest BCUT2D eigenvalue weighted by atomic mass is 9.87. The van der Waals surface area contributed by atoms with Crippen molar-refractivity contribution in [2.24, 2.45) is 5.73 Å². The Bertz CT molecular complexity index is 1950. The predicted molar refractivity (Wildman–Crippen MR) is 194 cm³/mol. The fourth-order valence-electron chi connectivity index (χ4n) is 5.59. The van der Waals surface area contributed by atoms with Crippen LogP contribution < -0.4 is 21.1 Å². The quantitative estimate of drug-likeness (QED) is 0.0910. The molecule has 0 saturated carbocycles. The Morgan fingerprint density at radius 1 is 1.06 bits per heavy atom. The van der Waals surface area contributed by atoms with Crippen molar-refractivity contribution < 1.29 is 50.6 Å². The third kappa shape index (κ3) is 9.51. The molecule has 3 aromatic rings. The Morgan fingerprint density at radius 2 is 1.64 bits per heavy atom. The van der Waals surface area contributed by atoms with Crippen molar-refractivity contribution in [2.75, 3.05) is 42.1 Å². The van der Waals surface area contributed by atoms with Gasteiger partial charge < -0.3 is 31.5 Å². The molecule has 0 aromatic heterocycles. The minimum atomic E-state index is -5.08. The highest BCUT2D eigenvalue weighted by Gasteiger charge is 2.48. The molecule has 4 rings (SSSR count). The molecular formula is C34H38Cl2F3N5O8S. The number of benzene rings is 3. The van der Waals surface area contributed by atoms with Crippen molar-refractivity contribution in [3.63, 3.8) is 0 Å². The van der Waals surface area contributed by atoms with Gasteiger partial charge in [-0.2, -0.15) is 13.2 Å². The van der Waals surface area contributed by atoms with E-state index in [0.717, 1.165) is 0 Å². The van der Waals surface area contributed by atoms with Crippen LogP contribution in [0.3, 0.4) is 0 Å². The smallest absolute Gasteiger partial charge is 0.475 e. The first kappa shape index (κ1) is 42.8. The molecule has 0 saturated heterocycles. The number of carbonyl (C=O) groups is 4. The molecule has 19 heteroatoms. The third-order valence-electron chi connectivity index (χ3n) is 8.26. The van der Waals surface area contributed by atoms with Crippen molar-refractivity contribution in [1.29, 1.82) is 0 Å². The van der Waals surface area contributed by atoms with Gasteiger partial charge in [0.05, 0.1) is 40.2 Å². The molecule has 2 atom stereocenters. The minimum absolute atomic E-state index is 0.0132. The highest BCUT2D eigenvalue weighted by atomic mass is 35.5. The monoisotopic (exact) mass is 803 g/mol. The van der Waals surface area contributed by atoms with E-state index in [0.29, 0.717) is 54.5 Å². The van der Waals surface area contributed by atoms with Gasteiger partial charge in [-0.05, 0) is 80.8 Å². The SMILES string of the molecule is CCN(CC)C(=O)Nc1ccc(S(=O)(=O)N2C(=O)C(c3ccccc3Cl)c3c2cc([C@H](CCCCN)C(=O)OC)c(Cl)c3N)cc1.O=C(O)C(F)(F)F.